The number of likely N-dealkylation sites (tertiary alicyclic amines) is 2. The largest absolute Gasteiger partial charge is 0.385 e. The lowest BCUT2D eigenvalue weighted by Crippen LogP contribution is -2.50. The Bertz CT molecular complexity index is 710. The van der Waals surface area contributed by atoms with Crippen LogP contribution in [0.25, 0.3) is 0 Å². The molecular formula is C20H25N3O3. The van der Waals surface area contributed by atoms with E-state index in [0.29, 0.717) is 30.8 Å². The van der Waals surface area contributed by atoms with Gasteiger partial charge in [-0.1, -0.05) is 0 Å². The second-order valence-electron chi connectivity index (χ2n) is 7.19. The number of piperidine rings is 1. The van der Waals surface area contributed by atoms with Gasteiger partial charge in [0.1, 0.15) is 0 Å². The van der Waals surface area contributed by atoms with Crippen molar-refractivity contribution in [3.63, 3.8) is 0 Å². The molecule has 2 aliphatic rings. The molecule has 2 fully saturated rings. The van der Waals surface area contributed by atoms with E-state index in [1.165, 1.54) is 0 Å². The number of benzene rings is 1. The molecule has 26 heavy (non-hydrogen) atoms. The van der Waals surface area contributed by atoms with Crippen LogP contribution >= 0.6 is 0 Å². The monoisotopic (exact) mass is 355 g/mol. The summed E-state index contributed by atoms with van der Waals surface area (Å²) in [4.78, 5) is 29.5. The molecule has 3 rings (SSSR count). The molecule has 6 nitrogen and oxygen atoms in total. The predicted molar refractivity (Wildman–Crippen MR) is 96.4 cm³/mol. The Balaban J connectivity index is 1.67. The molecule has 2 heterocycles. The van der Waals surface area contributed by atoms with Crippen LogP contribution in [0.4, 0.5) is 0 Å². The van der Waals surface area contributed by atoms with Crippen LogP contribution in [0.15, 0.2) is 24.3 Å². The van der Waals surface area contributed by atoms with Gasteiger partial charge in [0.25, 0.3) is 5.91 Å². The first kappa shape index (κ1) is 18.4. The summed E-state index contributed by atoms with van der Waals surface area (Å²) in [5, 5.41) is 8.88. The smallest absolute Gasteiger partial charge is 0.253 e. The summed E-state index contributed by atoms with van der Waals surface area (Å²) in [6, 6.07) is 8.74. The van der Waals surface area contributed by atoms with Crippen LogP contribution in [0.3, 0.4) is 0 Å². The molecule has 1 aromatic rings. The summed E-state index contributed by atoms with van der Waals surface area (Å²) in [7, 11) is 1.67. The van der Waals surface area contributed by atoms with Crippen LogP contribution in [0, 0.1) is 16.7 Å². The standard InChI is InChI=1S/C20H25N3O3/c1-26-13-3-11-22-10-2-8-20(19(22)25)9-12-23(15-20)18(24)17-6-4-16(14-21)5-7-17/h4-7H,2-3,8-13,15H2,1H3/t20-/m0/s1. The number of carbonyl (C=O) groups is 2. The van der Waals surface area contributed by atoms with Crippen molar-refractivity contribution in [1.29, 1.82) is 5.26 Å². The maximum absolute atomic E-state index is 13.0. The zero-order valence-electron chi connectivity index (χ0n) is 15.2. The second-order valence-corrected chi connectivity index (χ2v) is 7.19. The molecule has 0 N–H and O–H groups in total. The minimum absolute atomic E-state index is 0.0596. The molecule has 0 bridgehead atoms. The predicted octanol–water partition coefficient (Wildman–Crippen LogP) is 2.05. The molecule has 0 unspecified atom stereocenters. The van der Waals surface area contributed by atoms with E-state index in [2.05, 4.69) is 6.07 Å². The van der Waals surface area contributed by atoms with E-state index in [-0.39, 0.29) is 11.8 Å². The fourth-order valence-electron chi connectivity index (χ4n) is 4.06. The number of ether oxygens (including phenoxy) is 1. The van der Waals surface area contributed by atoms with Crippen molar-refractivity contribution in [2.24, 2.45) is 5.41 Å². The lowest BCUT2D eigenvalue weighted by atomic mass is 9.78. The molecule has 1 aromatic carbocycles. The van der Waals surface area contributed by atoms with Gasteiger partial charge in [0.15, 0.2) is 0 Å². The van der Waals surface area contributed by atoms with E-state index in [9.17, 15) is 9.59 Å². The lowest BCUT2D eigenvalue weighted by molar-refractivity contribution is -0.145. The van der Waals surface area contributed by atoms with E-state index < -0.39 is 5.41 Å². The highest BCUT2D eigenvalue weighted by Gasteiger charge is 2.49. The van der Waals surface area contributed by atoms with Gasteiger partial charge >= 0.3 is 0 Å². The van der Waals surface area contributed by atoms with E-state index in [1.807, 2.05) is 4.90 Å². The molecular weight excluding hydrogens is 330 g/mol. The van der Waals surface area contributed by atoms with Gasteiger partial charge in [0.2, 0.25) is 5.91 Å². The SMILES string of the molecule is COCCCN1CCC[C@@]2(CCN(C(=O)c3ccc(C#N)cc3)C2)C1=O. The van der Waals surface area contributed by atoms with Gasteiger partial charge in [0.05, 0.1) is 17.0 Å². The van der Waals surface area contributed by atoms with Crippen molar-refractivity contribution in [2.75, 3.05) is 39.9 Å². The second kappa shape index (κ2) is 7.88. The Morgan fingerprint density at radius 3 is 2.73 bits per heavy atom. The van der Waals surface area contributed by atoms with Crippen molar-refractivity contribution in [3.8, 4) is 6.07 Å². The van der Waals surface area contributed by atoms with E-state index in [4.69, 9.17) is 10.00 Å². The average Bonchev–Trinajstić information content (AvgIpc) is 3.10. The van der Waals surface area contributed by atoms with Crippen LogP contribution in [0.1, 0.15) is 41.6 Å². The van der Waals surface area contributed by atoms with Crippen LogP contribution < -0.4 is 0 Å². The Morgan fingerprint density at radius 2 is 2.04 bits per heavy atom. The Morgan fingerprint density at radius 1 is 1.27 bits per heavy atom. The number of hydrogen-bond donors (Lipinski definition) is 0. The van der Waals surface area contributed by atoms with Gasteiger partial charge in [0, 0.05) is 45.5 Å². The lowest BCUT2D eigenvalue weighted by Gasteiger charge is -2.39. The van der Waals surface area contributed by atoms with Gasteiger partial charge in [-0.05, 0) is 49.9 Å². The Kier molecular flexibility index (Phi) is 5.58. The molecule has 1 spiro atoms. The fourth-order valence-corrected chi connectivity index (χ4v) is 4.06. The van der Waals surface area contributed by atoms with Gasteiger partial charge in [-0.25, -0.2) is 0 Å². The highest BCUT2D eigenvalue weighted by Crippen LogP contribution is 2.40. The molecule has 0 aliphatic carbocycles. The molecule has 0 radical (unpaired) electrons. The van der Waals surface area contributed by atoms with E-state index >= 15 is 0 Å². The molecule has 0 saturated carbocycles. The third kappa shape index (κ3) is 3.58. The number of rotatable bonds is 5. The van der Waals surface area contributed by atoms with Crippen LogP contribution in [0.5, 0.6) is 0 Å². The number of methoxy groups -OCH3 is 1. The quantitative estimate of drug-likeness (QED) is 0.758. The van der Waals surface area contributed by atoms with Crippen molar-refractivity contribution >= 4 is 11.8 Å². The number of carbonyl (C=O) groups excluding carboxylic acids is 2. The molecule has 0 aromatic heterocycles. The normalized spacial score (nSPS) is 22.7. The van der Waals surface area contributed by atoms with Gasteiger partial charge in [-0.15, -0.1) is 0 Å². The first-order valence-electron chi connectivity index (χ1n) is 9.17. The number of hydrogen-bond acceptors (Lipinski definition) is 4. The minimum atomic E-state index is -0.423. The van der Waals surface area contributed by atoms with Crippen LogP contribution in [-0.4, -0.2) is 61.5 Å². The molecule has 1 atom stereocenters. The zero-order valence-corrected chi connectivity index (χ0v) is 15.2. The third-order valence-corrected chi connectivity index (χ3v) is 5.50. The Hall–Kier alpha value is -2.39. The average molecular weight is 355 g/mol. The summed E-state index contributed by atoms with van der Waals surface area (Å²) in [6.45, 7) is 3.27. The zero-order chi connectivity index (χ0) is 18.6. The van der Waals surface area contributed by atoms with Crippen molar-refractivity contribution < 1.29 is 14.3 Å². The van der Waals surface area contributed by atoms with Crippen LogP contribution in [0.2, 0.25) is 0 Å². The highest BCUT2D eigenvalue weighted by atomic mass is 16.5. The summed E-state index contributed by atoms with van der Waals surface area (Å²) >= 11 is 0. The third-order valence-electron chi connectivity index (χ3n) is 5.50. The number of amides is 2. The summed E-state index contributed by atoms with van der Waals surface area (Å²) in [5.41, 5.74) is 0.683. The van der Waals surface area contributed by atoms with Crippen LogP contribution in [-0.2, 0) is 9.53 Å². The topological polar surface area (TPSA) is 73.6 Å². The maximum Gasteiger partial charge on any atom is 0.253 e. The summed E-state index contributed by atoms with van der Waals surface area (Å²) in [5.74, 6) is 0.130. The van der Waals surface area contributed by atoms with E-state index in [0.717, 1.165) is 38.8 Å². The first-order valence-corrected chi connectivity index (χ1v) is 9.17. The van der Waals surface area contributed by atoms with Crippen molar-refractivity contribution in [1.82, 2.24) is 9.80 Å². The molecule has 2 saturated heterocycles. The highest BCUT2D eigenvalue weighted by molar-refractivity contribution is 5.95. The van der Waals surface area contributed by atoms with Gasteiger partial charge < -0.3 is 14.5 Å². The fraction of sp³-hybridized carbons (Fsp3) is 0.550. The summed E-state index contributed by atoms with van der Waals surface area (Å²) < 4.78 is 5.09. The summed E-state index contributed by atoms with van der Waals surface area (Å²) in [6.07, 6.45) is 3.40. The van der Waals surface area contributed by atoms with Gasteiger partial charge in [-0.2, -0.15) is 5.26 Å². The minimum Gasteiger partial charge on any atom is -0.385 e. The number of nitriles is 1. The number of nitrogens with zero attached hydrogens (tertiary/aromatic N) is 3. The first-order chi connectivity index (χ1) is 12.6. The maximum atomic E-state index is 13.0. The van der Waals surface area contributed by atoms with Crippen molar-refractivity contribution in [2.45, 2.75) is 25.7 Å². The van der Waals surface area contributed by atoms with E-state index in [1.54, 1.807) is 36.3 Å². The Labute approximate surface area is 154 Å². The molecule has 6 heteroatoms. The van der Waals surface area contributed by atoms with Gasteiger partial charge in [-0.3, -0.25) is 9.59 Å². The van der Waals surface area contributed by atoms with Crippen molar-refractivity contribution in [3.05, 3.63) is 35.4 Å². The molecule has 2 amide bonds. The molecule has 2 aliphatic heterocycles. The molecule has 138 valence electrons.